The first-order valence-electron chi connectivity index (χ1n) is 7.95. The van der Waals surface area contributed by atoms with Crippen LogP contribution < -0.4 is 0 Å². The molecule has 3 aromatic rings. The van der Waals surface area contributed by atoms with Gasteiger partial charge < -0.3 is 19.6 Å². The second-order valence-electron chi connectivity index (χ2n) is 5.65. The van der Waals surface area contributed by atoms with Gasteiger partial charge in [0.05, 0.1) is 16.7 Å². The highest BCUT2D eigenvalue weighted by Crippen LogP contribution is 2.35. The number of aromatic nitrogens is 2. The van der Waals surface area contributed by atoms with E-state index in [1.165, 1.54) is 17.0 Å². The van der Waals surface area contributed by atoms with E-state index >= 15 is 0 Å². The van der Waals surface area contributed by atoms with E-state index in [0.29, 0.717) is 5.56 Å². The van der Waals surface area contributed by atoms with Gasteiger partial charge >= 0.3 is 11.8 Å². The average Bonchev–Trinajstić information content (AvgIpc) is 3.16. The van der Waals surface area contributed by atoms with E-state index in [0.717, 1.165) is 5.56 Å². The molecular formula is C18H15Cl2N3O4. The molecule has 0 atom stereocenters. The third kappa shape index (κ3) is 4.39. The molecule has 1 amide bonds. The summed E-state index contributed by atoms with van der Waals surface area (Å²) in [5.41, 5.74) is 1.29. The number of aromatic hydroxyl groups is 1. The molecule has 0 saturated heterocycles. The number of phenols is 1. The first kappa shape index (κ1) is 19.2. The molecule has 140 valence electrons. The molecular weight excluding hydrogens is 393 g/mol. The summed E-state index contributed by atoms with van der Waals surface area (Å²) < 4.78 is 5.07. The minimum Gasteiger partial charge on any atom is -0.505 e. The van der Waals surface area contributed by atoms with Gasteiger partial charge in [-0.15, -0.1) is 0 Å². The molecule has 3 rings (SSSR count). The lowest BCUT2D eigenvalue weighted by Crippen LogP contribution is -2.33. The van der Waals surface area contributed by atoms with Crippen LogP contribution in [-0.4, -0.2) is 44.3 Å². The van der Waals surface area contributed by atoms with E-state index < -0.39 is 5.91 Å². The Bertz CT molecular complexity index is 924. The number of aliphatic hydroxyl groups is 1. The van der Waals surface area contributed by atoms with Crippen molar-refractivity contribution < 1.29 is 19.5 Å². The number of hydrogen-bond donors (Lipinski definition) is 2. The molecule has 2 N–H and O–H groups in total. The molecule has 0 unspecified atom stereocenters. The third-order valence-corrected chi connectivity index (χ3v) is 4.33. The second kappa shape index (κ2) is 8.39. The third-order valence-electron chi connectivity index (χ3n) is 3.76. The lowest BCUT2D eigenvalue weighted by molar-refractivity contribution is 0.0658. The van der Waals surface area contributed by atoms with Crippen LogP contribution in [0.15, 0.2) is 47.0 Å². The van der Waals surface area contributed by atoms with Crippen LogP contribution in [0.25, 0.3) is 11.4 Å². The van der Waals surface area contributed by atoms with Crippen molar-refractivity contribution >= 4 is 29.1 Å². The first-order chi connectivity index (χ1) is 13.0. The highest BCUT2D eigenvalue weighted by molar-refractivity contribution is 6.37. The number of halogens is 2. The van der Waals surface area contributed by atoms with Crippen LogP contribution in [0.2, 0.25) is 10.0 Å². The predicted octanol–water partition coefficient (Wildman–Crippen LogP) is 3.38. The van der Waals surface area contributed by atoms with Gasteiger partial charge in [0.25, 0.3) is 0 Å². The molecule has 1 aromatic heterocycles. The Balaban J connectivity index is 1.84. The van der Waals surface area contributed by atoms with Gasteiger partial charge in [0.15, 0.2) is 5.75 Å². The lowest BCUT2D eigenvalue weighted by Gasteiger charge is -2.19. The Morgan fingerprint density at radius 3 is 2.44 bits per heavy atom. The Morgan fingerprint density at radius 2 is 1.81 bits per heavy atom. The molecule has 27 heavy (non-hydrogen) atoms. The van der Waals surface area contributed by atoms with Gasteiger partial charge in [0, 0.05) is 18.7 Å². The Morgan fingerprint density at radius 1 is 1.15 bits per heavy atom. The summed E-state index contributed by atoms with van der Waals surface area (Å²) in [6, 6.07) is 12.2. The van der Waals surface area contributed by atoms with E-state index in [9.17, 15) is 15.0 Å². The van der Waals surface area contributed by atoms with Crippen LogP contribution in [0.1, 0.15) is 16.2 Å². The molecule has 9 heteroatoms. The summed E-state index contributed by atoms with van der Waals surface area (Å²) in [4.78, 5) is 18.2. The van der Waals surface area contributed by atoms with Crippen molar-refractivity contribution in [2.24, 2.45) is 0 Å². The molecule has 0 fully saturated rings. The number of amides is 1. The Kier molecular flexibility index (Phi) is 5.95. The zero-order chi connectivity index (χ0) is 19.4. The zero-order valence-electron chi connectivity index (χ0n) is 14.0. The van der Waals surface area contributed by atoms with E-state index in [1.807, 2.05) is 30.3 Å². The van der Waals surface area contributed by atoms with Crippen molar-refractivity contribution in [3.63, 3.8) is 0 Å². The van der Waals surface area contributed by atoms with Crippen molar-refractivity contribution in [1.82, 2.24) is 15.0 Å². The number of benzene rings is 2. The highest BCUT2D eigenvalue weighted by atomic mass is 35.5. The fraction of sp³-hybridized carbons (Fsp3) is 0.167. The molecule has 0 aliphatic heterocycles. The SMILES string of the molecule is O=C(c1nc(-c2cc(Cl)c(O)c(Cl)c2)no1)N(CCO)Cc1ccccc1. The maximum atomic E-state index is 12.7. The monoisotopic (exact) mass is 407 g/mol. The number of aliphatic hydroxyl groups excluding tert-OH is 1. The quantitative estimate of drug-likeness (QED) is 0.649. The van der Waals surface area contributed by atoms with Crippen molar-refractivity contribution in [2.45, 2.75) is 6.54 Å². The number of phenolic OH excluding ortho intramolecular Hbond substituents is 1. The molecule has 0 saturated carbocycles. The number of rotatable bonds is 6. The fourth-order valence-electron chi connectivity index (χ4n) is 2.43. The van der Waals surface area contributed by atoms with E-state index in [4.69, 9.17) is 27.7 Å². The zero-order valence-corrected chi connectivity index (χ0v) is 15.5. The smallest absolute Gasteiger partial charge is 0.316 e. The fourth-order valence-corrected chi connectivity index (χ4v) is 2.92. The van der Waals surface area contributed by atoms with Crippen LogP contribution in [0.3, 0.4) is 0 Å². The van der Waals surface area contributed by atoms with Gasteiger partial charge in [-0.05, 0) is 17.7 Å². The maximum absolute atomic E-state index is 12.7. The van der Waals surface area contributed by atoms with E-state index in [1.54, 1.807) is 0 Å². The average molecular weight is 408 g/mol. The lowest BCUT2D eigenvalue weighted by atomic mass is 10.2. The van der Waals surface area contributed by atoms with Crippen molar-refractivity contribution in [3.8, 4) is 17.1 Å². The molecule has 0 spiro atoms. The number of nitrogens with zero attached hydrogens (tertiary/aromatic N) is 3. The van der Waals surface area contributed by atoms with Crippen LogP contribution >= 0.6 is 23.2 Å². The number of carbonyl (C=O) groups is 1. The van der Waals surface area contributed by atoms with Crippen LogP contribution in [-0.2, 0) is 6.54 Å². The van der Waals surface area contributed by atoms with Crippen molar-refractivity contribution in [3.05, 3.63) is 64.0 Å². The predicted molar refractivity (Wildman–Crippen MR) is 99.7 cm³/mol. The van der Waals surface area contributed by atoms with Crippen molar-refractivity contribution in [2.75, 3.05) is 13.2 Å². The second-order valence-corrected chi connectivity index (χ2v) is 6.46. The Labute approximate surface area is 164 Å². The van der Waals surface area contributed by atoms with Crippen LogP contribution in [0.5, 0.6) is 5.75 Å². The number of carbonyl (C=O) groups excluding carboxylic acids is 1. The molecule has 0 bridgehead atoms. The van der Waals surface area contributed by atoms with Crippen LogP contribution in [0, 0.1) is 0 Å². The summed E-state index contributed by atoms with van der Waals surface area (Å²) in [5.74, 6) is -0.887. The Hall–Kier alpha value is -2.61. The summed E-state index contributed by atoms with van der Waals surface area (Å²) >= 11 is 11.8. The van der Waals surface area contributed by atoms with E-state index in [2.05, 4.69) is 10.1 Å². The summed E-state index contributed by atoms with van der Waals surface area (Å²) in [6.07, 6.45) is 0. The van der Waals surface area contributed by atoms with Gasteiger partial charge in [0.2, 0.25) is 5.82 Å². The minimum atomic E-state index is -0.511. The van der Waals surface area contributed by atoms with Gasteiger partial charge in [-0.25, -0.2) is 0 Å². The summed E-state index contributed by atoms with van der Waals surface area (Å²) in [6.45, 7) is 0.194. The summed E-state index contributed by atoms with van der Waals surface area (Å²) in [5, 5.41) is 22.7. The van der Waals surface area contributed by atoms with E-state index in [-0.39, 0.29) is 47.2 Å². The molecule has 0 aliphatic carbocycles. The minimum absolute atomic E-state index is 0.0289. The van der Waals surface area contributed by atoms with Gasteiger partial charge in [-0.3, -0.25) is 4.79 Å². The summed E-state index contributed by atoms with van der Waals surface area (Å²) in [7, 11) is 0. The largest absolute Gasteiger partial charge is 0.505 e. The highest BCUT2D eigenvalue weighted by Gasteiger charge is 2.23. The van der Waals surface area contributed by atoms with Crippen LogP contribution in [0.4, 0.5) is 0 Å². The molecule has 7 nitrogen and oxygen atoms in total. The van der Waals surface area contributed by atoms with Gasteiger partial charge in [-0.2, -0.15) is 4.98 Å². The number of hydrogen-bond acceptors (Lipinski definition) is 6. The van der Waals surface area contributed by atoms with Gasteiger partial charge in [-0.1, -0.05) is 58.7 Å². The molecule has 2 aromatic carbocycles. The standard InChI is InChI=1S/C18H15Cl2N3O4/c19-13-8-12(9-14(20)15(13)25)16-21-17(27-22-16)18(26)23(6-7-24)10-11-4-2-1-3-5-11/h1-5,8-9,24-25H,6-7,10H2. The molecule has 0 aliphatic rings. The first-order valence-corrected chi connectivity index (χ1v) is 8.71. The maximum Gasteiger partial charge on any atom is 0.316 e. The molecule has 0 radical (unpaired) electrons. The molecule has 1 heterocycles. The normalized spacial score (nSPS) is 10.8. The topological polar surface area (TPSA) is 99.7 Å². The van der Waals surface area contributed by atoms with Gasteiger partial charge in [0.1, 0.15) is 0 Å². The van der Waals surface area contributed by atoms with Crippen molar-refractivity contribution in [1.29, 1.82) is 0 Å².